The average Bonchev–Trinajstić information content (AvgIpc) is 3.19. The molecule has 11 heteroatoms. The van der Waals surface area contributed by atoms with Gasteiger partial charge in [-0.15, -0.1) is 0 Å². The van der Waals surface area contributed by atoms with E-state index < -0.39 is 11.7 Å². The Bertz CT molecular complexity index is 2260. The predicted octanol–water partition coefficient (Wildman–Crippen LogP) is 9.85. The summed E-state index contributed by atoms with van der Waals surface area (Å²) in [6.07, 6.45) is -1.75. The highest BCUT2D eigenvalue weighted by molar-refractivity contribution is 5.83. The van der Waals surface area contributed by atoms with Gasteiger partial charge in [0.1, 0.15) is 5.75 Å². The van der Waals surface area contributed by atoms with Crippen LogP contribution in [-0.4, -0.2) is 65.4 Å². The van der Waals surface area contributed by atoms with Gasteiger partial charge in [0.15, 0.2) is 34.5 Å². The van der Waals surface area contributed by atoms with Gasteiger partial charge in [-0.2, -0.15) is 13.2 Å². The van der Waals surface area contributed by atoms with Gasteiger partial charge >= 0.3 is 6.18 Å². The summed E-state index contributed by atoms with van der Waals surface area (Å²) in [6, 6.07) is 23.3. The molecule has 8 nitrogen and oxygen atoms in total. The molecule has 0 unspecified atom stereocenters. The molecule has 292 valence electrons. The molecule has 4 aliphatic heterocycles. The lowest BCUT2D eigenvalue weighted by molar-refractivity contribution is -0.137. The van der Waals surface area contributed by atoms with Crippen LogP contribution in [-0.2, 0) is 31.9 Å². The lowest BCUT2D eigenvalue weighted by Crippen LogP contribution is -2.34. The molecule has 0 amide bonds. The van der Waals surface area contributed by atoms with Crippen LogP contribution in [0.3, 0.4) is 0 Å². The maximum absolute atomic E-state index is 13.7. The van der Waals surface area contributed by atoms with Crippen molar-refractivity contribution in [1.82, 2.24) is 9.80 Å². The number of halogens is 3. The fraction of sp³-hybridized carbons (Fsp3) is 0.333. The van der Waals surface area contributed by atoms with Crippen LogP contribution >= 0.6 is 0 Å². The Morgan fingerprint density at radius 3 is 1.96 bits per heavy atom. The Hall–Kier alpha value is -5.39. The Morgan fingerprint density at radius 2 is 1.29 bits per heavy atom. The van der Waals surface area contributed by atoms with E-state index in [0.717, 1.165) is 59.3 Å². The number of ether oxygens (including phenoxy) is 6. The Balaban J connectivity index is 1.40. The molecule has 0 saturated carbocycles. The van der Waals surface area contributed by atoms with Crippen molar-refractivity contribution >= 4 is 0 Å². The number of fused-ring (bicyclic) bond motifs is 2. The molecule has 0 fully saturated rings. The van der Waals surface area contributed by atoms with Crippen LogP contribution in [0.5, 0.6) is 46.0 Å². The number of alkyl halides is 3. The van der Waals surface area contributed by atoms with Crippen molar-refractivity contribution in [1.29, 1.82) is 0 Å². The first-order valence-electron chi connectivity index (χ1n) is 18.7. The first-order chi connectivity index (χ1) is 27.0. The van der Waals surface area contributed by atoms with Crippen LogP contribution < -0.4 is 28.4 Å². The Morgan fingerprint density at radius 1 is 0.643 bits per heavy atom. The van der Waals surface area contributed by atoms with Gasteiger partial charge in [0, 0.05) is 36.3 Å². The van der Waals surface area contributed by atoms with Gasteiger partial charge in [0.05, 0.1) is 34.0 Å². The second-order valence-corrected chi connectivity index (χ2v) is 14.7. The van der Waals surface area contributed by atoms with Crippen molar-refractivity contribution in [3.05, 3.63) is 118 Å². The third kappa shape index (κ3) is 6.77. The van der Waals surface area contributed by atoms with E-state index in [1.807, 2.05) is 30.3 Å². The van der Waals surface area contributed by atoms with E-state index >= 15 is 0 Å². The van der Waals surface area contributed by atoms with Crippen molar-refractivity contribution in [2.75, 3.05) is 55.6 Å². The molecule has 4 heterocycles. The third-order valence-corrected chi connectivity index (χ3v) is 11.5. The summed E-state index contributed by atoms with van der Waals surface area (Å²) in [7, 11) is 10.6. The van der Waals surface area contributed by atoms with Crippen molar-refractivity contribution in [3.63, 3.8) is 0 Å². The number of benzene rings is 5. The van der Waals surface area contributed by atoms with Gasteiger partial charge in [0.2, 0.25) is 5.75 Å². The topological polar surface area (TPSA) is 61.9 Å². The third-order valence-electron chi connectivity index (χ3n) is 11.5. The SMILES string of the molecule is COc1ccc2cc1Oc1ccc(cc1)C[C@H]1c3cc(c(OC)cc3CCN1C)Oc1c(OC)c(OC)c(-c3ccc(C(F)(F)F)cc3)c3c1[C@H](C2)N(C)CC3. The molecule has 5 aromatic rings. The highest BCUT2D eigenvalue weighted by Gasteiger charge is 2.38. The van der Waals surface area contributed by atoms with Crippen molar-refractivity contribution in [2.24, 2.45) is 0 Å². The number of hydrogen-bond donors (Lipinski definition) is 0. The minimum absolute atomic E-state index is 0.0562. The standard InChI is InChI=1S/C45H45F3N2O6/c1-49-19-17-29-24-37(52-4)39-25-33(29)34(49)21-26-7-14-31(15-8-26)55-38-23-27(9-16-36(38)51-3)22-35-41-32(18-20-50(35)2)40(42(53-5)44(54-6)43(41)56-39)28-10-12-30(13-11-28)45(46,47)48/h7-16,23-25,34-35H,17-22H2,1-6H3/t34-,35-/m0/s1. The average molecular weight is 767 g/mol. The second kappa shape index (κ2) is 14.9. The zero-order valence-corrected chi connectivity index (χ0v) is 32.4. The molecule has 0 aromatic heterocycles. The van der Waals surface area contributed by atoms with E-state index in [0.29, 0.717) is 76.5 Å². The minimum Gasteiger partial charge on any atom is -0.493 e. The summed E-state index contributed by atoms with van der Waals surface area (Å²) in [5.74, 6) is 4.18. The largest absolute Gasteiger partial charge is 0.493 e. The normalized spacial score (nSPS) is 18.2. The van der Waals surface area contributed by atoms with Crippen molar-refractivity contribution < 1.29 is 41.6 Å². The predicted molar refractivity (Wildman–Crippen MR) is 208 cm³/mol. The van der Waals surface area contributed by atoms with Gasteiger partial charge in [-0.3, -0.25) is 9.80 Å². The molecule has 0 spiro atoms. The number of hydrogen-bond acceptors (Lipinski definition) is 8. The highest BCUT2D eigenvalue weighted by Crippen LogP contribution is 2.56. The molecule has 5 aromatic carbocycles. The fourth-order valence-electron chi connectivity index (χ4n) is 8.54. The van der Waals surface area contributed by atoms with E-state index in [9.17, 15) is 13.2 Å². The first kappa shape index (κ1) is 37.5. The zero-order valence-electron chi connectivity index (χ0n) is 32.4. The zero-order chi connectivity index (χ0) is 39.3. The van der Waals surface area contributed by atoms with Gasteiger partial charge in [-0.1, -0.05) is 30.3 Å². The molecule has 6 bridgehead atoms. The van der Waals surface area contributed by atoms with Gasteiger partial charge in [-0.25, -0.2) is 0 Å². The van der Waals surface area contributed by atoms with E-state index in [-0.39, 0.29) is 12.1 Å². The second-order valence-electron chi connectivity index (χ2n) is 14.7. The summed E-state index contributed by atoms with van der Waals surface area (Å²) < 4.78 is 78.9. The summed E-state index contributed by atoms with van der Waals surface area (Å²) in [6.45, 7) is 1.55. The summed E-state index contributed by atoms with van der Waals surface area (Å²) in [5, 5.41) is 0. The van der Waals surface area contributed by atoms with Crippen LogP contribution in [0.4, 0.5) is 13.2 Å². The molecular weight excluding hydrogens is 721 g/mol. The maximum Gasteiger partial charge on any atom is 0.416 e. The van der Waals surface area contributed by atoms with Crippen LogP contribution in [0.15, 0.2) is 78.9 Å². The molecule has 0 radical (unpaired) electrons. The molecule has 56 heavy (non-hydrogen) atoms. The van der Waals surface area contributed by atoms with Gasteiger partial charge < -0.3 is 28.4 Å². The monoisotopic (exact) mass is 766 g/mol. The van der Waals surface area contributed by atoms with Gasteiger partial charge in [0.25, 0.3) is 0 Å². The van der Waals surface area contributed by atoms with Crippen LogP contribution in [0.2, 0.25) is 0 Å². The Kier molecular flexibility index (Phi) is 10.0. The summed E-state index contributed by atoms with van der Waals surface area (Å²) in [5.41, 5.74) is 6.77. The summed E-state index contributed by atoms with van der Waals surface area (Å²) >= 11 is 0. The van der Waals surface area contributed by atoms with E-state index in [2.05, 4.69) is 48.2 Å². The lowest BCUT2D eigenvalue weighted by atomic mass is 9.82. The van der Waals surface area contributed by atoms with Crippen LogP contribution in [0.25, 0.3) is 11.1 Å². The number of nitrogens with zero attached hydrogens (tertiary/aromatic N) is 2. The molecule has 9 rings (SSSR count). The van der Waals surface area contributed by atoms with Crippen LogP contribution in [0, 0.1) is 0 Å². The number of likely N-dealkylation sites (N-methyl/N-ethyl adjacent to an activating group) is 2. The lowest BCUT2D eigenvalue weighted by Gasteiger charge is -2.38. The first-order valence-corrected chi connectivity index (χ1v) is 18.7. The Labute approximate surface area is 325 Å². The number of methoxy groups -OCH3 is 4. The number of rotatable bonds is 5. The highest BCUT2D eigenvalue weighted by atomic mass is 19.4. The van der Waals surface area contributed by atoms with E-state index in [1.165, 1.54) is 17.7 Å². The maximum atomic E-state index is 13.7. The molecule has 0 aliphatic carbocycles. The smallest absolute Gasteiger partial charge is 0.416 e. The van der Waals surface area contributed by atoms with Crippen LogP contribution in [0.1, 0.15) is 51.0 Å². The van der Waals surface area contributed by atoms with Gasteiger partial charge in [-0.05, 0) is 122 Å². The molecular formula is C45H45F3N2O6. The summed E-state index contributed by atoms with van der Waals surface area (Å²) in [4.78, 5) is 4.64. The minimum atomic E-state index is -4.48. The molecule has 0 N–H and O–H groups in total. The molecule has 4 aliphatic rings. The molecule has 0 saturated heterocycles. The van der Waals surface area contributed by atoms with Crippen molar-refractivity contribution in [3.8, 4) is 57.1 Å². The molecule has 2 atom stereocenters. The van der Waals surface area contributed by atoms with Crippen molar-refractivity contribution in [2.45, 2.75) is 43.9 Å². The van der Waals surface area contributed by atoms with E-state index in [1.54, 1.807) is 28.4 Å². The van der Waals surface area contributed by atoms with E-state index in [4.69, 9.17) is 28.4 Å². The fourth-order valence-corrected chi connectivity index (χ4v) is 8.54. The quantitative estimate of drug-likeness (QED) is 0.175.